The van der Waals surface area contributed by atoms with Crippen LogP contribution in [0, 0.1) is 0 Å². The number of esters is 1. The van der Waals surface area contributed by atoms with Crippen LogP contribution in [0.1, 0.15) is 63.9 Å². The number of carbonyl (C=O) groups excluding carboxylic acids is 2. The Kier molecular flexibility index (Phi) is 12.5. The fourth-order valence-corrected chi connectivity index (χ4v) is 7.97. The quantitative estimate of drug-likeness (QED) is 0.0320. The van der Waals surface area contributed by atoms with E-state index in [2.05, 4.69) is 64.1 Å². The van der Waals surface area contributed by atoms with E-state index in [1.165, 1.54) is 0 Å². The maximum absolute atomic E-state index is 14.9. The number of ether oxygens (including phenoxy) is 3. The molecule has 56 heavy (non-hydrogen) atoms. The van der Waals surface area contributed by atoms with Crippen LogP contribution in [-0.2, 0) is 33.7 Å². The topological polar surface area (TPSA) is 76.0 Å². The molecule has 0 N–H and O–H groups in total. The van der Waals surface area contributed by atoms with Crippen molar-refractivity contribution < 1.29 is 28.2 Å². The smallest absolute Gasteiger partial charge is 0.340 e. The first kappa shape index (κ1) is 40.8. The van der Waals surface area contributed by atoms with Crippen molar-refractivity contribution in [1.29, 1.82) is 0 Å². The molecule has 0 unspecified atom stereocenters. The summed E-state index contributed by atoms with van der Waals surface area (Å²) in [6.07, 6.45) is 0. The highest BCUT2D eigenvalue weighted by Crippen LogP contribution is 2.39. The lowest BCUT2D eigenvalue weighted by molar-refractivity contribution is -0.0276. The number of fused-ring (bicyclic) bond motifs is 2. The third-order valence-electron chi connectivity index (χ3n) is 10.8. The van der Waals surface area contributed by atoms with Gasteiger partial charge in [-0.15, -0.1) is 0 Å². The zero-order valence-electron chi connectivity index (χ0n) is 34.1. The molecule has 0 aliphatic carbocycles. The second-order valence-electron chi connectivity index (χ2n) is 17.3. The first-order valence-electron chi connectivity index (χ1n) is 19.4. The van der Waals surface area contributed by atoms with Crippen molar-refractivity contribution in [3.63, 3.8) is 0 Å². The molecule has 0 spiro atoms. The fourth-order valence-electron chi connectivity index (χ4n) is 6.29. The van der Waals surface area contributed by atoms with Crippen LogP contribution in [0.2, 0.25) is 43.8 Å². The third kappa shape index (κ3) is 9.94. The Morgan fingerprint density at radius 3 is 2.07 bits per heavy atom. The normalized spacial score (nSPS) is 12.3. The van der Waals surface area contributed by atoms with Crippen LogP contribution in [0.5, 0.6) is 5.75 Å². The molecule has 0 fully saturated rings. The SMILES string of the molecule is CC(C)(C)[Si](C)(C)OCc1c(C(=O)c2ccc3ccccc3c2)c2cc(OCc3ccccc3)ccc2n1Cc1ccc(C(=O)OCOCC[Si](C)(C)C)cc1. The number of benzene rings is 5. The molecule has 292 valence electrons. The van der Waals surface area contributed by atoms with Gasteiger partial charge in [0.15, 0.2) is 20.9 Å². The van der Waals surface area contributed by atoms with Gasteiger partial charge in [-0.1, -0.05) is 119 Å². The van der Waals surface area contributed by atoms with E-state index in [1.54, 1.807) is 12.1 Å². The second-order valence-corrected chi connectivity index (χ2v) is 27.7. The average molecular weight is 786 g/mol. The molecule has 0 aliphatic rings. The number of aromatic nitrogens is 1. The molecule has 5 aromatic carbocycles. The van der Waals surface area contributed by atoms with E-state index in [0.717, 1.165) is 44.5 Å². The Balaban J connectivity index is 1.39. The maximum atomic E-state index is 14.9. The van der Waals surface area contributed by atoms with E-state index >= 15 is 0 Å². The van der Waals surface area contributed by atoms with E-state index in [-0.39, 0.29) is 24.2 Å². The minimum atomic E-state index is -2.24. The predicted molar refractivity (Wildman–Crippen MR) is 232 cm³/mol. The molecule has 7 nitrogen and oxygen atoms in total. The monoisotopic (exact) mass is 785 g/mol. The standard InChI is InChI=1S/C47H55NO6Si2/c1-47(2,3)56(7,8)54-32-43-44(45(49)39-23-22-36-16-12-13-17-38(36)28-39)41-29-40(52-31-35-14-10-9-11-15-35)24-25-42(41)48(43)30-34-18-20-37(21-19-34)46(50)53-33-51-26-27-55(4,5)6/h9-25,28-29H,26-27,30-33H2,1-8H3. The molecular weight excluding hydrogens is 731 g/mol. The predicted octanol–water partition coefficient (Wildman–Crippen LogP) is 11.6. The van der Waals surface area contributed by atoms with Gasteiger partial charge in [0.05, 0.1) is 23.4 Å². The van der Waals surface area contributed by atoms with E-state index in [1.807, 2.05) is 97.1 Å². The first-order chi connectivity index (χ1) is 26.6. The summed E-state index contributed by atoms with van der Waals surface area (Å²) in [5, 5.41) is 2.85. The lowest BCUT2D eigenvalue weighted by atomic mass is 9.97. The summed E-state index contributed by atoms with van der Waals surface area (Å²) >= 11 is 0. The van der Waals surface area contributed by atoms with E-state index in [0.29, 0.717) is 42.2 Å². The van der Waals surface area contributed by atoms with Gasteiger partial charge >= 0.3 is 5.97 Å². The lowest BCUT2D eigenvalue weighted by Gasteiger charge is -2.36. The van der Waals surface area contributed by atoms with E-state index in [4.69, 9.17) is 18.6 Å². The van der Waals surface area contributed by atoms with Crippen molar-refractivity contribution in [2.75, 3.05) is 13.4 Å². The Hall–Kier alpha value is -4.81. The summed E-state index contributed by atoms with van der Waals surface area (Å²) < 4.78 is 26.4. The van der Waals surface area contributed by atoms with Crippen LogP contribution in [-0.4, -0.2) is 46.1 Å². The molecule has 9 heteroatoms. The highest BCUT2D eigenvalue weighted by Gasteiger charge is 2.38. The molecule has 0 saturated heterocycles. The highest BCUT2D eigenvalue weighted by molar-refractivity contribution is 6.76. The van der Waals surface area contributed by atoms with Gasteiger partial charge in [0.2, 0.25) is 0 Å². The van der Waals surface area contributed by atoms with Crippen LogP contribution >= 0.6 is 0 Å². The number of carbonyl (C=O) groups is 2. The number of hydrogen-bond donors (Lipinski definition) is 0. The molecule has 6 rings (SSSR count). The number of ketones is 1. The summed E-state index contributed by atoms with van der Waals surface area (Å²) in [5.41, 5.74) is 5.40. The van der Waals surface area contributed by atoms with Gasteiger partial charge in [-0.2, -0.15) is 0 Å². The van der Waals surface area contributed by atoms with Crippen molar-refractivity contribution in [3.05, 3.63) is 149 Å². The maximum Gasteiger partial charge on any atom is 0.340 e. The highest BCUT2D eigenvalue weighted by atomic mass is 28.4. The van der Waals surface area contributed by atoms with Gasteiger partial charge in [-0.05, 0) is 82.5 Å². The Morgan fingerprint density at radius 2 is 1.38 bits per heavy atom. The van der Waals surface area contributed by atoms with E-state index in [9.17, 15) is 9.59 Å². The zero-order chi connectivity index (χ0) is 40.1. The van der Waals surface area contributed by atoms with Gasteiger partial charge < -0.3 is 23.2 Å². The summed E-state index contributed by atoms with van der Waals surface area (Å²) in [4.78, 5) is 27.8. The molecule has 1 heterocycles. The van der Waals surface area contributed by atoms with Crippen molar-refractivity contribution in [2.45, 2.75) is 84.3 Å². The van der Waals surface area contributed by atoms with Gasteiger partial charge in [0, 0.05) is 37.7 Å². The van der Waals surface area contributed by atoms with Crippen LogP contribution in [0.4, 0.5) is 0 Å². The fraction of sp³-hybridized carbons (Fsp3) is 0.319. The average Bonchev–Trinajstić information content (AvgIpc) is 3.47. The van der Waals surface area contributed by atoms with Gasteiger partial charge in [-0.3, -0.25) is 4.79 Å². The molecule has 1 aromatic heterocycles. The minimum Gasteiger partial charge on any atom is -0.489 e. The Morgan fingerprint density at radius 1 is 0.696 bits per heavy atom. The molecule has 0 aliphatic heterocycles. The Bertz CT molecular complexity index is 2300. The lowest BCUT2D eigenvalue weighted by Crippen LogP contribution is -2.40. The summed E-state index contributed by atoms with van der Waals surface area (Å²) in [5.74, 6) is 0.180. The van der Waals surface area contributed by atoms with Crippen LogP contribution in [0.25, 0.3) is 21.7 Å². The zero-order valence-corrected chi connectivity index (χ0v) is 36.1. The van der Waals surface area contributed by atoms with Crippen LogP contribution < -0.4 is 4.74 Å². The molecule has 0 saturated carbocycles. The molecule has 0 radical (unpaired) electrons. The molecule has 0 amide bonds. The minimum absolute atomic E-state index is 0.0331. The van der Waals surface area contributed by atoms with Crippen LogP contribution in [0.15, 0.2) is 115 Å². The van der Waals surface area contributed by atoms with E-state index < -0.39 is 22.4 Å². The van der Waals surface area contributed by atoms with Gasteiger partial charge in [0.1, 0.15) is 12.4 Å². The second kappa shape index (κ2) is 17.1. The van der Waals surface area contributed by atoms with Gasteiger partial charge in [-0.25, -0.2) is 4.79 Å². The number of nitrogens with zero attached hydrogens (tertiary/aromatic N) is 1. The molecular formula is C47H55NO6Si2. The number of rotatable bonds is 16. The van der Waals surface area contributed by atoms with Crippen molar-refractivity contribution in [3.8, 4) is 5.75 Å². The number of hydrogen-bond acceptors (Lipinski definition) is 6. The molecule has 0 bridgehead atoms. The third-order valence-corrected chi connectivity index (χ3v) is 17.0. The molecule has 0 atom stereocenters. The Labute approximate surface area is 333 Å². The summed E-state index contributed by atoms with van der Waals surface area (Å²) in [6.45, 7) is 19.6. The first-order valence-corrected chi connectivity index (χ1v) is 26.0. The molecule has 6 aromatic rings. The van der Waals surface area contributed by atoms with Gasteiger partial charge in [0.25, 0.3) is 0 Å². The van der Waals surface area contributed by atoms with Crippen molar-refractivity contribution in [2.24, 2.45) is 0 Å². The van der Waals surface area contributed by atoms with Crippen LogP contribution in [0.3, 0.4) is 0 Å². The van der Waals surface area contributed by atoms with Crippen molar-refractivity contribution in [1.82, 2.24) is 4.57 Å². The van der Waals surface area contributed by atoms with Crippen molar-refractivity contribution >= 4 is 49.8 Å². The largest absolute Gasteiger partial charge is 0.489 e. The summed E-state index contributed by atoms with van der Waals surface area (Å²) in [7, 11) is -3.47. The summed E-state index contributed by atoms with van der Waals surface area (Å²) in [6, 6.07) is 38.5.